The van der Waals surface area contributed by atoms with E-state index in [4.69, 9.17) is 16.3 Å². The van der Waals surface area contributed by atoms with E-state index >= 15 is 0 Å². The molecule has 0 amide bonds. The zero-order valence-electron chi connectivity index (χ0n) is 14.3. The molecule has 0 N–H and O–H groups in total. The van der Waals surface area contributed by atoms with E-state index < -0.39 is 5.72 Å². The maximum absolute atomic E-state index is 6.79. The van der Waals surface area contributed by atoms with Crippen LogP contribution in [0.1, 0.15) is 24.3 Å². The first kappa shape index (κ1) is 15.3. The maximum Gasteiger partial charge on any atom is 0.211 e. The highest BCUT2D eigenvalue weighted by atomic mass is 35.5. The van der Waals surface area contributed by atoms with Crippen LogP contribution in [0.25, 0.3) is 16.2 Å². The van der Waals surface area contributed by atoms with Crippen LogP contribution in [-0.2, 0) is 5.41 Å². The topological polar surface area (TPSA) is 12.5 Å². The monoisotopic (exact) mass is 367 g/mol. The minimum Gasteiger partial charge on any atom is -0.461 e. The SMILES string of the molecule is CN1c2ccc(Cl)cc2C(C)(C)C12C=Cc1sc3ccccc3c1O2. The number of hydrogen-bond acceptors (Lipinski definition) is 3. The molecule has 2 nitrogen and oxygen atoms in total. The minimum atomic E-state index is -0.559. The third-order valence-electron chi connectivity index (χ3n) is 5.68. The Labute approximate surface area is 156 Å². The second-order valence-electron chi connectivity index (χ2n) is 7.27. The lowest BCUT2D eigenvalue weighted by Crippen LogP contribution is -2.58. The van der Waals surface area contributed by atoms with Gasteiger partial charge in [0.2, 0.25) is 5.72 Å². The van der Waals surface area contributed by atoms with E-state index in [9.17, 15) is 0 Å². The van der Waals surface area contributed by atoms with Crippen molar-refractivity contribution in [1.82, 2.24) is 0 Å². The van der Waals surface area contributed by atoms with Gasteiger partial charge < -0.3 is 9.64 Å². The van der Waals surface area contributed by atoms with Gasteiger partial charge in [0.15, 0.2) is 0 Å². The normalized spacial score (nSPS) is 23.0. The van der Waals surface area contributed by atoms with Crippen molar-refractivity contribution in [3.63, 3.8) is 0 Å². The number of thiophene rings is 1. The van der Waals surface area contributed by atoms with Gasteiger partial charge in [0.05, 0.1) is 10.3 Å². The van der Waals surface area contributed by atoms with Crippen molar-refractivity contribution >= 4 is 44.8 Å². The summed E-state index contributed by atoms with van der Waals surface area (Å²) in [5.41, 5.74) is 1.59. The molecule has 0 saturated carbocycles. The van der Waals surface area contributed by atoms with E-state index in [1.165, 1.54) is 26.2 Å². The van der Waals surface area contributed by atoms with Crippen molar-refractivity contribution in [2.24, 2.45) is 0 Å². The molecule has 1 aromatic heterocycles. The Morgan fingerprint density at radius 3 is 2.76 bits per heavy atom. The van der Waals surface area contributed by atoms with Crippen LogP contribution < -0.4 is 9.64 Å². The molecule has 126 valence electrons. The summed E-state index contributed by atoms with van der Waals surface area (Å²) in [5.74, 6) is 0.988. The van der Waals surface area contributed by atoms with Gasteiger partial charge in [-0.05, 0) is 61.9 Å². The summed E-state index contributed by atoms with van der Waals surface area (Å²) in [5, 5.41) is 1.95. The Bertz CT molecular complexity index is 1050. The molecule has 0 aliphatic carbocycles. The van der Waals surface area contributed by atoms with Gasteiger partial charge in [-0.15, -0.1) is 11.3 Å². The Balaban J connectivity index is 1.73. The molecule has 2 aliphatic rings. The molecule has 0 saturated heterocycles. The summed E-state index contributed by atoms with van der Waals surface area (Å²) in [6.45, 7) is 4.46. The number of anilines is 1. The number of halogens is 1. The average molecular weight is 368 g/mol. The van der Waals surface area contributed by atoms with E-state index in [-0.39, 0.29) is 5.41 Å². The fraction of sp³-hybridized carbons (Fsp3) is 0.238. The van der Waals surface area contributed by atoms with E-state index in [0.29, 0.717) is 0 Å². The molecule has 1 unspecified atom stereocenters. The van der Waals surface area contributed by atoms with Crippen molar-refractivity contribution in [3.05, 3.63) is 64.0 Å². The second kappa shape index (κ2) is 4.80. The smallest absolute Gasteiger partial charge is 0.211 e. The van der Waals surface area contributed by atoms with Crippen LogP contribution in [0.15, 0.2) is 48.5 Å². The van der Waals surface area contributed by atoms with Crippen LogP contribution in [0, 0.1) is 0 Å². The van der Waals surface area contributed by atoms with Gasteiger partial charge in [-0.3, -0.25) is 0 Å². The van der Waals surface area contributed by atoms with Gasteiger partial charge in [0.1, 0.15) is 5.75 Å². The quantitative estimate of drug-likeness (QED) is 0.477. The van der Waals surface area contributed by atoms with Gasteiger partial charge in [-0.2, -0.15) is 0 Å². The zero-order valence-corrected chi connectivity index (χ0v) is 15.9. The first-order valence-electron chi connectivity index (χ1n) is 8.38. The highest BCUT2D eigenvalue weighted by Gasteiger charge is 2.58. The summed E-state index contributed by atoms with van der Waals surface area (Å²) in [6, 6.07) is 14.6. The van der Waals surface area contributed by atoms with Crippen molar-refractivity contribution in [2.75, 3.05) is 11.9 Å². The highest BCUT2D eigenvalue weighted by Crippen LogP contribution is 2.56. The lowest BCUT2D eigenvalue weighted by atomic mass is 9.76. The van der Waals surface area contributed by atoms with Crippen LogP contribution in [-0.4, -0.2) is 12.8 Å². The lowest BCUT2D eigenvalue weighted by molar-refractivity contribution is 0.0604. The van der Waals surface area contributed by atoms with Crippen molar-refractivity contribution in [2.45, 2.75) is 25.0 Å². The summed E-state index contributed by atoms with van der Waals surface area (Å²) in [7, 11) is 2.10. The van der Waals surface area contributed by atoms with Crippen molar-refractivity contribution in [3.8, 4) is 5.75 Å². The average Bonchev–Trinajstić information content (AvgIpc) is 3.04. The number of nitrogens with zero attached hydrogens (tertiary/aromatic N) is 1. The minimum absolute atomic E-state index is 0.237. The molecule has 1 atom stereocenters. The molecule has 0 bridgehead atoms. The van der Waals surface area contributed by atoms with Gasteiger partial charge in [0.25, 0.3) is 0 Å². The molecule has 4 heteroatoms. The second-order valence-corrected chi connectivity index (χ2v) is 8.79. The van der Waals surface area contributed by atoms with E-state index in [2.05, 4.69) is 74.3 Å². The summed E-state index contributed by atoms with van der Waals surface area (Å²) in [6.07, 6.45) is 4.42. The van der Waals surface area contributed by atoms with E-state index in [1.54, 1.807) is 11.3 Å². The lowest BCUT2D eigenvalue weighted by Gasteiger charge is -2.45. The molecule has 1 spiro atoms. The molecule has 2 aliphatic heterocycles. The fourth-order valence-corrected chi connectivity index (χ4v) is 5.45. The van der Waals surface area contributed by atoms with Crippen LogP contribution in [0.4, 0.5) is 5.69 Å². The summed E-state index contributed by atoms with van der Waals surface area (Å²) in [4.78, 5) is 3.43. The van der Waals surface area contributed by atoms with Gasteiger partial charge in [0, 0.05) is 27.8 Å². The van der Waals surface area contributed by atoms with Gasteiger partial charge >= 0.3 is 0 Å². The van der Waals surface area contributed by atoms with Crippen molar-refractivity contribution in [1.29, 1.82) is 0 Å². The molecule has 2 aromatic carbocycles. The molecular formula is C21H18ClNOS. The van der Waals surface area contributed by atoms with E-state index in [0.717, 1.165) is 10.8 Å². The Hall–Kier alpha value is -1.97. The van der Waals surface area contributed by atoms with Crippen LogP contribution in [0.5, 0.6) is 5.75 Å². The number of benzene rings is 2. The largest absolute Gasteiger partial charge is 0.461 e. The maximum atomic E-state index is 6.79. The fourth-order valence-electron chi connectivity index (χ4n) is 4.24. The van der Waals surface area contributed by atoms with Crippen molar-refractivity contribution < 1.29 is 4.74 Å². The van der Waals surface area contributed by atoms with Crippen LogP contribution in [0.2, 0.25) is 5.02 Å². The summed E-state index contributed by atoms with van der Waals surface area (Å²) >= 11 is 8.07. The third kappa shape index (κ3) is 1.80. The van der Waals surface area contributed by atoms with Crippen LogP contribution in [0.3, 0.4) is 0 Å². The number of likely N-dealkylation sites (N-methyl/N-ethyl adjacent to an activating group) is 1. The molecule has 3 aromatic rings. The Kier molecular flexibility index (Phi) is 2.94. The number of fused-ring (bicyclic) bond motifs is 4. The first-order chi connectivity index (χ1) is 11.9. The molecule has 25 heavy (non-hydrogen) atoms. The molecular weight excluding hydrogens is 350 g/mol. The number of ether oxygens (including phenoxy) is 1. The number of hydrogen-bond donors (Lipinski definition) is 0. The Morgan fingerprint density at radius 2 is 1.92 bits per heavy atom. The van der Waals surface area contributed by atoms with E-state index in [1.807, 2.05) is 6.07 Å². The summed E-state index contributed by atoms with van der Waals surface area (Å²) < 4.78 is 8.05. The molecule has 3 heterocycles. The molecule has 5 rings (SSSR count). The van der Waals surface area contributed by atoms with Crippen LogP contribution >= 0.6 is 22.9 Å². The molecule has 0 radical (unpaired) electrons. The first-order valence-corrected chi connectivity index (χ1v) is 9.57. The van der Waals surface area contributed by atoms with Gasteiger partial charge in [-0.1, -0.05) is 23.7 Å². The highest BCUT2D eigenvalue weighted by molar-refractivity contribution is 7.20. The standard InChI is InChI=1S/C21H18ClNOS/c1-20(2)15-12-13(22)8-9-16(15)23(3)21(20)11-10-18-19(24-21)14-6-4-5-7-17(14)25-18/h4-12H,1-3H3. The van der Waals surface area contributed by atoms with Gasteiger partial charge in [-0.25, -0.2) is 0 Å². The third-order valence-corrected chi connectivity index (χ3v) is 7.03. The Morgan fingerprint density at radius 1 is 1.12 bits per heavy atom. The molecule has 0 fully saturated rings. The predicted molar refractivity (Wildman–Crippen MR) is 107 cm³/mol. The predicted octanol–water partition coefficient (Wildman–Crippen LogP) is 6.08. The zero-order chi connectivity index (χ0) is 17.4. The number of rotatable bonds is 0.